The van der Waals surface area contributed by atoms with Crippen molar-refractivity contribution in [1.82, 2.24) is 9.78 Å². The number of carbonyl (C=O) groups is 1. The van der Waals surface area contributed by atoms with Gasteiger partial charge in [-0.1, -0.05) is 12.1 Å². The number of ether oxygens (including phenoxy) is 2. The van der Waals surface area contributed by atoms with Gasteiger partial charge in [0.25, 0.3) is 4.30 Å². The Balaban J connectivity index is 1.63. The summed E-state index contributed by atoms with van der Waals surface area (Å²) in [6.07, 6.45) is 3.62. The van der Waals surface area contributed by atoms with Crippen LogP contribution in [0.25, 0.3) is 16.8 Å². The summed E-state index contributed by atoms with van der Waals surface area (Å²) in [5.74, 6) is 0.468. The second kappa shape index (κ2) is 5.82. The first-order chi connectivity index (χ1) is 11.6. The average molecular weight is 434 g/mol. The first kappa shape index (κ1) is 15.0. The number of alkyl halides is 1. The molecule has 2 aromatic carbocycles. The largest absolute Gasteiger partial charge is 0.478 e. The molecule has 0 amide bonds. The summed E-state index contributed by atoms with van der Waals surface area (Å²) in [6, 6.07) is 12.3. The molecule has 0 spiro atoms. The number of halogens is 1. The summed E-state index contributed by atoms with van der Waals surface area (Å²) in [5.41, 5.74) is 2.92. The molecule has 1 N–H and O–H groups in total. The molecule has 1 aliphatic heterocycles. The molecule has 0 bridgehead atoms. The zero-order chi connectivity index (χ0) is 16.7. The van der Waals surface area contributed by atoms with Crippen LogP contribution in [0.2, 0.25) is 0 Å². The number of benzene rings is 2. The smallest absolute Gasteiger partial charge is 0.335 e. The van der Waals surface area contributed by atoms with Crippen molar-refractivity contribution < 1.29 is 19.4 Å². The number of fused-ring (bicyclic) bond motifs is 1. The van der Waals surface area contributed by atoms with Crippen LogP contribution in [-0.4, -0.2) is 25.2 Å². The normalized spacial score (nSPS) is 15.5. The number of hydrogen-bond donors (Lipinski definition) is 1. The number of nitrogens with zero attached hydrogens (tertiary/aromatic N) is 2. The Bertz CT molecular complexity index is 921. The standard InChI is InChI=1S/C17H11IN2O4/c18-17-23-14-6-5-13(7-15(14)24-17)20-9-12(8-19-20)10-1-3-11(4-2-10)16(21)22/h1-9,17H,(H,21,22). The van der Waals surface area contributed by atoms with Crippen LogP contribution in [0.5, 0.6) is 11.5 Å². The van der Waals surface area contributed by atoms with E-state index in [9.17, 15) is 4.79 Å². The minimum atomic E-state index is -0.939. The molecular formula is C17H11IN2O4. The van der Waals surface area contributed by atoms with E-state index in [1.807, 2.05) is 24.4 Å². The van der Waals surface area contributed by atoms with E-state index in [2.05, 4.69) is 27.7 Å². The Hall–Kier alpha value is -2.55. The van der Waals surface area contributed by atoms with Gasteiger partial charge in [-0.3, -0.25) is 0 Å². The molecule has 1 aromatic heterocycles. The van der Waals surface area contributed by atoms with Crippen molar-refractivity contribution in [2.75, 3.05) is 0 Å². The van der Waals surface area contributed by atoms with Crippen molar-refractivity contribution in [2.45, 2.75) is 4.30 Å². The van der Waals surface area contributed by atoms with Gasteiger partial charge >= 0.3 is 5.97 Å². The highest BCUT2D eigenvalue weighted by molar-refractivity contribution is 14.1. The van der Waals surface area contributed by atoms with Gasteiger partial charge in [0.1, 0.15) is 0 Å². The number of rotatable bonds is 3. The van der Waals surface area contributed by atoms with Crippen LogP contribution in [0.15, 0.2) is 54.9 Å². The van der Waals surface area contributed by atoms with E-state index in [0.717, 1.165) is 22.6 Å². The molecule has 120 valence electrons. The Kier molecular flexibility index (Phi) is 3.64. The number of hydrogen-bond acceptors (Lipinski definition) is 4. The summed E-state index contributed by atoms with van der Waals surface area (Å²) in [7, 11) is 0. The predicted molar refractivity (Wildman–Crippen MR) is 95.0 cm³/mol. The second-order valence-electron chi connectivity index (χ2n) is 5.20. The first-order valence-corrected chi connectivity index (χ1v) is 8.35. The highest BCUT2D eigenvalue weighted by Gasteiger charge is 2.21. The maximum absolute atomic E-state index is 10.9. The van der Waals surface area contributed by atoms with Crippen molar-refractivity contribution >= 4 is 28.6 Å². The zero-order valence-corrected chi connectivity index (χ0v) is 14.4. The Labute approximate surface area is 150 Å². The minimum Gasteiger partial charge on any atom is -0.478 e. The van der Waals surface area contributed by atoms with Crippen molar-refractivity contribution in [2.24, 2.45) is 0 Å². The molecule has 0 saturated heterocycles. The van der Waals surface area contributed by atoms with Crippen molar-refractivity contribution in [3.8, 4) is 28.3 Å². The monoisotopic (exact) mass is 434 g/mol. The van der Waals surface area contributed by atoms with Crippen LogP contribution in [0.3, 0.4) is 0 Å². The van der Waals surface area contributed by atoms with Crippen LogP contribution in [0.1, 0.15) is 10.4 Å². The Morgan fingerprint density at radius 2 is 1.83 bits per heavy atom. The van der Waals surface area contributed by atoms with E-state index < -0.39 is 5.97 Å². The summed E-state index contributed by atoms with van der Waals surface area (Å²) < 4.78 is 12.5. The maximum atomic E-state index is 10.9. The van der Waals surface area contributed by atoms with Crippen LogP contribution in [0.4, 0.5) is 0 Å². The van der Waals surface area contributed by atoms with Gasteiger partial charge in [0.15, 0.2) is 11.5 Å². The molecular weight excluding hydrogens is 423 g/mol. The highest BCUT2D eigenvalue weighted by Crippen LogP contribution is 2.38. The molecule has 0 saturated carbocycles. The minimum absolute atomic E-state index is 0.260. The van der Waals surface area contributed by atoms with Crippen LogP contribution >= 0.6 is 22.6 Å². The molecule has 0 aliphatic carbocycles. The van der Waals surface area contributed by atoms with Gasteiger partial charge in [-0.15, -0.1) is 0 Å². The van der Waals surface area contributed by atoms with Gasteiger partial charge in [-0.2, -0.15) is 5.10 Å². The van der Waals surface area contributed by atoms with Gasteiger partial charge in [0.05, 0.1) is 17.4 Å². The van der Waals surface area contributed by atoms with Gasteiger partial charge in [-0.05, 0) is 29.8 Å². The maximum Gasteiger partial charge on any atom is 0.335 e. The van der Waals surface area contributed by atoms with Crippen LogP contribution in [-0.2, 0) is 0 Å². The van der Waals surface area contributed by atoms with Crippen LogP contribution < -0.4 is 9.47 Å². The van der Waals surface area contributed by atoms with E-state index in [4.69, 9.17) is 14.6 Å². The third kappa shape index (κ3) is 2.71. The fraction of sp³-hybridized carbons (Fsp3) is 0.0588. The van der Waals surface area contributed by atoms with Crippen molar-refractivity contribution in [3.05, 3.63) is 60.4 Å². The second-order valence-corrected chi connectivity index (χ2v) is 6.21. The van der Waals surface area contributed by atoms with Crippen LogP contribution in [0, 0.1) is 0 Å². The molecule has 0 fully saturated rings. The molecule has 24 heavy (non-hydrogen) atoms. The third-order valence-corrected chi connectivity index (χ3v) is 4.19. The van der Waals surface area contributed by atoms with E-state index in [0.29, 0.717) is 5.75 Å². The molecule has 1 atom stereocenters. The third-order valence-electron chi connectivity index (χ3n) is 3.68. The molecule has 2 heterocycles. The van der Waals surface area contributed by atoms with Gasteiger partial charge in [0.2, 0.25) is 0 Å². The van der Waals surface area contributed by atoms with E-state index in [1.165, 1.54) is 0 Å². The van der Waals surface area contributed by atoms with Gasteiger partial charge in [-0.25, -0.2) is 9.48 Å². The lowest BCUT2D eigenvalue weighted by Gasteiger charge is -2.03. The zero-order valence-electron chi connectivity index (χ0n) is 12.2. The molecule has 4 rings (SSSR count). The lowest BCUT2D eigenvalue weighted by atomic mass is 10.1. The lowest BCUT2D eigenvalue weighted by Crippen LogP contribution is -2.06. The molecule has 1 unspecified atom stereocenters. The van der Waals surface area contributed by atoms with E-state index in [-0.39, 0.29) is 9.86 Å². The SMILES string of the molecule is O=C(O)c1ccc(-c2cnn(-c3ccc4c(c3)OC(I)O4)c2)cc1. The molecule has 0 radical (unpaired) electrons. The number of aromatic nitrogens is 2. The van der Waals surface area contributed by atoms with E-state index >= 15 is 0 Å². The first-order valence-electron chi connectivity index (χ1n) is 7.10. The summed E-state index contributed by atoms with van der Waals surface area (Å²) >= 11 is 2.06. The fourth-order valence-electron chi connectivity index (χ4n) is 2.47. The lowest BCUT2D eigenvalue weighted by molar-refractivity contribution is 0.0697. The Morgan fingerprint density at radius 3 is 2.58 bits per heavy atom. The molecule has 3 aromatic rings. The molecule has 7 heteroatoms. The van der Waals surface area contributed by atoms with Gasteiger partial charge < -0.3 is 14.6 Å². The van der Waals surface area contributed by atoms with Crippen molar-refractivity contribution in [3.63, 3.8) is 0 Å². The van der Waals surface area contributed by atoms with Gasteiger partial charge in [0, 0.05) is 40.4 Å². The summed E-state index contributed by atoms with van der Waals surface area (Å²) in [4.78, 5) is 10.9. The fourth-order valence-corrected chi connectivity index (χ4v) is 3.02. The number of carboxylic acids is 1. The predicted octanol–water partition coefficient (Wildman–Crippen LogP) is 3.73. The molecule has 6 nitrogen and oxygen atoms in total. The molecule has 1 aliphatic rings. The topological polar surface area (TPSA) is 73.6 Å². The average Bonchev–Trinajstić information content (AvgIpc) is 3.19. The Morgan fingerprint density at radius 1 is 1.08 bits per heavy atom. The number of aromatic carboxylic acids is 1. The highest BCUT2D eigenvalue weighted by atomic mass is 127. The van der Waals surface area contributed by atoms with Crippen molar-refractivity contribution in [1.29, 1.82) is 0 Å². The number of carboxylic acid groups (broad SMARTS) is 1. The quantitative estimate of drug-likeness (QED) is 0.503. The summed E-state index contributed by atoms with van der Waals surface area (Å²) in [5, 5.41) is 13.3. The van der Waals surface area contributed by atoms with E-state index in [1.54, 1.807) is 35.1 Å². The summed E-state index contributed by atoms with van der Waals surface area (Å²) in [6.45, 7) is 0.